The highest BCUT2D eigenvalue weighted by Gasteiger charge is 2.31. The van der Waals surface area contributed by atoms with Gasteiger partial charge in [0.25, 0.3) is 5.91 Å². The molecule has 2 aromatic carbocycles. The normalized spacial score (nSPS) is 13.1. The van der Waals surface area contributed by atoms with Gasteiger partial charge < -0.3 is 11.1 Å². The van der Waals surface area contributed by atoms with Gasteiger partial charge in [0.2, 0.25) is 5.91 Å². The van der Waals surface area contributed by atoms with E-state index in [1.807, 2.05) is 24.3 Å². The molecule has 3 N–H and O–H groups in total. The Hall–Kier alpha value is -2.83. The SMILES string of the molecule is CC(C)(C)c1ccc(C[C@H](NC(=O)c2cccc(C(F)(F)F)c2)C(N)=O)cc1. The number of hydrogen-bond acceptors (Lipinski definition) is 2. The van der Waals surface area contributed by atoms with E-state index in [1.54, 1.807) is 0 Å². The van der Waals surface area contributed by atoms with Gasteiger partial charge in [-0.3, -0.25) is 9.59 Å². The van der Waals surface area contributed by atoms with Crippen molar-refractivity contribution < 1.29 is 22.8 Å². The number of primary amides is 1. The maximum Gasteiger partial charge on any atom is 0.416 e. The van der Waals surface area contributed by atoms with Crippen molar-refractivity contribution in [2.45, 2.75) is 44.8 Å². The summed E-state index contributed by atoms with van der Waals surface area (Å²) in [5, 5.41) is 2.42. The van der Waals surface area contributed by atoms with Crippen molar-refractivity contribution in [1.29, 1.82) is 0 Å². The first-order valence-electron chi connectivity index (χ1n) is 8.75. The van der Waals surface area contributed by atoms with E-state index in [0.29, 0.717) is 0 Å². The number of carbonyl (C=O) groups excluding carboxylic acids is 2. The number of nitrogens with one attached hydrogen (secondary N) is 1. The summed E-state index contributed by atoms with van der Waals surface area (Å²) in [6.07, 6.45) is -4.42. The van der Waals surface area contributed by atoms with E-state index in [0.717, 1.165) is 29.3 Å². The van der Waals surface area contributed by atoms with Gasteiger partial charge in [0.1, 0.15) is 6.04 Å². The molecule has 0 radical (unpaired) electrons. The fraction of sp³-hybridized carbons (Fsp3) is 0.333. The third-order valence-electron chi connectivity index (χ3n) is 4.36. The van der Waals surface area contributed by atoms with Gasteiger partial charge in [-0.25, -0.2) is 0 Å². The molecule has 0 aliphatic rings. The smallest absolute Gasteiger partial charge is 0.368 e. The molecule has 2 amide bonds. The third kappa shape index (κ3) is 5.58. The average molecular weight is 392 g/mol. The van der Waals surface area contributed by atoms with E-state index in [9.17, 15) is 22.8 Å². The van der Waals surface area contributed by atoms with Crippen LogP contribution in [0.15, 0.2) is 48.5 Å². The lowest BCUT2D eigenvalue weighted by atomic mass is 9.86. The van der Waals surface area contributed by atoms with Crippen LogP contribution in [0.3, 0.4) is 0 Å². The van der Waals surface area contributed by atoms with E-state index in [-0.39, 0.29) is 17.4 Å². The summed E-state index contributed by atoms with van der Waals surface area (Å²) < 4.78 is 38.5. The number of alkyl halides is 3. The number of halogens is 3. The number of hydrogen-bond donors (Lipinski definition) is 2. The molecule has 2 rings (SSSR count). The zero-order chi connectivity index (χ0) is 21.1. The fourth-order valence-electron chi connectivity index (χ4n) is 2.68. The second-order valence-corrected chi connectivity index (χ2v) is 7.66. The molecule has 150 valence electrons. The molecule has 0 aliphatic carbocycles. The van der Waals surface area contributed by atoms with Crippen molar-refractivity contribution in [1.82, 2.24) is 5.32 Å². The summed E-state index contributed by atoms with van der Waals surface area (Å²) in [6.45, 7) is 6.22. The van der Waals surface area contributed by atoms with Gasteiger partial charge in [-0.2, -0.15) is 13.2 Å². The predicted molar refractivity (Wildman–Crippen MR) is 101 cm³/mol. The summed E-state index contributed by atoms with van der Waals surface area (Å²) in [4.78, 5) is 24.1. The minimum atomic E-state index is -4.56. The lowest BCUT2D eigenvalue weighted by molar-refractivity contribution is -0.137. The van der Waals surface area contributed by atoms with Crippen molar-refractivity contribution in [2.75, 3.05) is 0 Å². The third-order valence-corrected chi connectivity index (χ3v) is 4.36. The Morgan fingerprint density at radius 1 is 1.00 bits per heavy atom. The van der Waals surface area contributed by atoms with Crippen LogP contribution in [0.5, 0.6) is 0 Å². The standard InChI is InChI=1S/C21H23F3N2O2/c1-20(2,3)15-9-7-13(8-10-15)11-17(18(25)27)26-19(28)14-5-4-6-16(12-14)21(22,23)24/h4-10,12,17H,11H2,1-3H3,(H2,25,27)(H,26,28)/t17-/m0/s1. The number of amides is 2. The van der Waals surface area contributed by atoms with Crippen LogP contribution in [0, 0.1) is 0 Å². The van der Waals surface area contributed by atoms with Crippen LogP contribution < -0.4 is 11.1 Å². The molecule has 0 saturated carbocycles. The summed E-state index contributed by atoms with van der Waals surface area (Å²) in [5.74, 6) is -1.55. The number of rotatable bonds is 5. The molecule has 0 aromatic heterocycles. The van der Waals surface area contributed by atoms with Crippen molar-refractivity contribution in [2.24, 2.45) is 5.73 Å². The van der Waals surface area contributed by atoms with Gasteiger partial charge in [0.15, 0.2) is 0 Å². The van der Waals surface area contributed by atoms with Gasteiger partial charge in [-0.1, -0.05) is 51.1 Å². The topological polar surface area (TPSA) is 72.2 Å². The van der Waals surface area contributed by atoms with Crippen molar-refractivity contribution in [3.05, 3.63) is 70.8 Å². The predicted octanol–water partition coefficient (Wildman–Crippen LogP) is 3.83. The average Bonchev–Trinajstić information content (AvgIpc) is 2.60. The zero-order valence-electron chi connectivity index (χ0n) is 15.9. The zero-order valence-corrected chi connectivity index (χ0v) is 15.9. The molecule has 4 nitrogen and oxygen atoms in total. The van der Waals surface area contributed by atoms with Crippen LogP contribution in [-0.2, 0) is 22.8 Å². The van der Waals surface area contributed by atoms with Crippen LogP contribution in [0.4, 0.5) is 13.2 Å². The second kappa shape index (κ2) is 8.04. The van der Waals surface area contributed by atoms with Gasteiger partial charge in [0, 0.05) is 12.0 Å². The summed E-state index contributed by atoms with van der Waals surface area (Å²) in [5.41, 5.74) is 6.11. The Bertz CT molecular complexity index is 853. The Morgan fingerprint density at radius 3 is 2.11 bits per heavy atom. The van der Waals surface area contributed by atoms with E-state index in [1.165, 1.54) is 6.07 Å². The first-order chi connectivity index (χ1) is 12.9. The molecule has 2 aromatic rings. The molecule has 1 atom stereocenters. The lowest BCUT2D eigenvalue weighted by Gasteiger charge is -2.20. The number of nitrogens with two attached hydrogens (primary N) is 1. The lowest BCUT2D eigenvalue weighted by Crippen LogP contribution is -2.45. The molecular weight excluding hydrogens is 369 g/mol. The Morgan fingerprint density at radius 2 is 1.61 bits per heavy atom. The van der Waals surface area contributed by atoms with Crippen LogP contribution in [-0.4, -0.2) is 17.9 Å². The fourth-order valence-corrected chi connectivity index (χ4v) is 2.68. The van der Waals surface area contributed by atoms with E-state index in [2.05, 4.69) is 26.1 Å². The van der Waals surface area contributed by atoms with Crippen LogP contribution in [0.1, 0.15) is 47.8 Å². The molecule has 28 heavy (non-hydrogen) atoms. The molecule has 0 unspecified atom stereocenters. The highest BCUT2D eigenvalue weighted by molar-refractivity contribution is 5.97. The molecule has 0 spiro atoms. The quantitative estimate of drug-likeness (QED) is 0.812. The largest absolute Gasteiger partial charge is 0.416 e. The molecule has 0 saturated heterocycles. The second-order valence-electron chi connectivity index (χ2n) is 7.66. The number of benzene rings is 2. The van der Waals surface area contributed by atoms with Crippen LogP contribution >= 0.6 is 0 Å². The maximum absolute atomic E-state index is 12.8. The Labute approximate surface area is 161 Å². The molecule has 0 fully saturated rings. The van der Waals surface area contributed by atoms with Crippen LogP contribution in [0.25, 0.3) is 0 Å². The van der Waals surface area contributed by atoms with Gasteiger partial charge in [-0.15, -0.1) is 0 Å². The minimum Gasteiger partial charge on any atom is -0.368 e. The first-order valence-corrected chi connectivity index (χ1v) is 8.75. The highest BCUT2D eigenvalue weighted by Crippen LogP contribution is 2.29. The Kier molecular flexibility index (Phi) is 6.17. The monoisotopic (exact) mass is 392 g/mol. The molecule has 0 bridgehead atoms. The minimum absolute atomic E-state index is 0.0284. The van der Waals surface area contributed by atoms with Crippen molar-refractivity contribution >= 4 is 11.8 Å². The molecular formula is C21H23F3N2O2. The Balaban J connectivity index is 2.15. The first kappa shape index (κ1) is 21.5. The number of carbonyl (C=O) groups is 2. The van der Waals surface area contributed by atoms with Crippen LogP contribution in [0.2, 0.25) is 0 Å². The van der Waals surface area contributed by atoms with Crippen molar-refractivity contribution in [3.8, 4) is 0 Å². The molecule has 0 aliphatic heterocycles. The highest BCUT2D eigenvalue weighted by atomic mass is 19.4. The molecule has 7 heteroatoms. The van der Waals surface area contributed by atoms with Crippen molar-refractivity contribution in [3.63, 3.8) is 0 Å². The van der Waals surface area contributed by atoms with E-state index in [4.69, 9.17) is 5.73 Å². The maximum atomic E-state index is 12.8. The summed E-state index contributed by atoms with van der Waals surface area (Å²) in [6, 6.07) is 10.5. The van der Waals surface area contributed by atoms with E-state index >= 15 is 0 Å². The summed E-state index contributed by atoms with van der Waals surface area (Å²) in [7, 11) is 0. The van der Waals surface area contributed by atoms with E-state index < -0.39 is 29.6 Å². The molecule has 0 heterocycles. The summed E-state index contributed by atoms with van der Waals surface area (Å²) >= 11 is 0. The van der Waals surface area contributed by atoms with Gasteiger partial charge >= 0.3 is 6.18 Å². The van der Waals surface area contributed by atoms with Gasteiger partial charge in [-0.05, 0) is 34.7 Å². The van der Waals surface area contributed by atoms with Gasteiger partial charge in [0.05, 0.1) is 5.56 Å².